The minimum absolute atomic E-state index is 0.0453. The smallest absolute Gasteiger partial charge is 0.261 e. The van der Waals surface area contributed by atoms with Gasteiger partial charge in [0.1, 0.15) is 5.75 Å². The number of phenols is 1. The van der Waals surface area contributed by atoms with E-state index in [9.17, 15) is 13.5 Å². The summed E-state index contributed by atoms with van der Waals surface area (Å²) < 4.78 is 26.6. The number of hydrogen-bond donors (Lipinski definition) is 2. The molecule has 0 fully saturated rings. The van der Waals surface area contributed by atoms with Crippen molar-refractivity contribution in [2.75, 3.05) is 4.72 Å². The minimum Gasteiger partial charge on any atom is -0.508 e. The standard InChI is InChI=1S/C12H8Cl3NO3S/c13-9-3-2-8(6-10(9)14)20(18,19)16-12-4-1-7(17)5-11(12)15/h1-6,16-17H. The first-order valence-electron chi connectivity index (χ1n) is 5.26. The highest BCUT2D eigenvalue weighted by Crippen LogP contribution is 2.30. The molecule has 0 unspecified atom stereocenters. The van der Waals surface area contributed by atoms with Crippen molar-refractivity contribution in [1.82, 2.24) is 0 Å². The first-order valence-corrected chi connectivity index (χ1v) is 7.88. The molecule has 2 aromatic carbocycles. The number of phenolic OH excluding ortho intramolecular Hbond substituents is 1. The summed E-state index contributed by atoms with van der Waals surface area (Å²) in [6.45, 7) is 0. The number of benzene rings is 2. The minimum atomic E-state index is -3.85. The average molecular weight is 353 g/mol. The summed E-state index contributed by atoms with van der Waals surface area (Å²) in [7, 11) is -3.85. The molecule has 0 aromatic heterocycles. The van der Waals surface area contributed by atoms with E-state index in [4.69, 9.17) is 34.8 Å². The van der Waals surface area contributed by atoms with E-state index in [2.05, 4.69) is 4.72 Å². The molecule has 0 aliphatic rings. The molecule has 0 atom stereocenters. The van der Waals surface area contributed by atoms with Crippen molar-refractivity contribution in [3.63, 3.8) is 0 Å². The molecule has 0 spiro atoms. The van der Waals surface area contributed by atoms with Gasteiger partial charge in [-0.1, -0.05) is 34.8 Å². The van der Waals surface area contributed by atoms with Crippen LogP contribution in [0.4, 0.5) is 5.69 Å². The van der Waals surface area contributed by atoms with Crippen molar-refractivity contribution < 1.29 is 13.5 Å². The van der Waals surface area contributed by atoms with Gasteiger partial charge < -0.3 is 5.11 Å². The van der Waals surface area contributed by atoms with Crippen molar-refractivity contribution in [2.45, 2.75) is 4.90 Å². The van der Waals surface area contributed by atoms with Crippen molar-refractivity contribution in [1.29, 1.82) is 0 Å². The fourth-order valence-electron chi connectivity index (χ4n) is 1.43. The molecule has 106 valence electrons. The fourth-order valence-corrected chi connectivity index (χ4v) is 3.18. The zero-order valence-corrected chi connectivity index (χ0v) is 12.9. The summed E-state index contributed by atoms with van der Waals surface area (Å²) in [5.74, 6) is -0.0625. The molecule has 0 bridgehead atoms. The predicted octanol–water partition coefficient (Wildman–Crippen LogP) is 4.15. The maximum atomic E-state index is 12.2. The molecule has 4 nitrogen and oxygen atoms in total. The first kappa shape index (κ1) is 15.3. The molecule has 0 amide bonds. The van der Waals surface area contributed by atoms with Gasteiger partial charge in [0.25, 0.3) is 10.0 Å². The Morgan fingerprint density at radius 1 is 0.900 bits per heavy atom. The lowest BCUT2D eigenvalue weighted by Gasteiger charge is -2.10. The third-order valence-electron chi connectivity index (χ3n) is 2.40. The maximum Gasteiger partial charge on any atom is 0.261 e. The van der Waals surface area contributed by atoms with Gasteiger partial charge in [0.15, 0.2) is 0 Å². The molecule has 0 radical (unpaired) electrons. The molecule has 2 aromatic rings. The molecule has 0 saturated heterocycles. The molecular formula is C12H8Cl3NO3S. The van der Waals surface area contributed by atoms with Crippen molar-refractivity contribution >= 4 is 50.5 Å². The van der Waals surface area contributed by atoms with E-state index in [-0.39, 0.29) is 31.4 Å². The number of anilines is 1. The molecule has 8 heteroatoms. The summed E-state index contributed by atoms with van der Waals surface area (Å²) in [5.41, 5.74) is 0.149. The van der Waals surface area contributed by atoms with Gasteiger partial charge in [0, 0.05) is 6.07 Å². The molecule has 0 aliphatic carbocycles. The Kier molecular flexibility index (Phi) is 4.34. The number of aromatic hydroxyl groups is 1. The second kappa shape index (κ2) is 5.69. The van der Waals surface area contributed by atoms with Crippen LogP contribution < -0.4 is 4.72 Å². The van der Waals surface area contributed by atoms with Crippen LogP contribution in [0.3, 0.4) is 0 Å². The van der Waals surface area contributed by atoms with E-state index in [0.29, 0.717) is 0 Å². The molecule has 20 heavy (non-hydrogen) atoms. The molecule has 2 rings (SSSR count). The van der Waals surface area contributed by atoms with E-state index < -0.39 is 10.0 Å². The van der Waals surface area contributed by atoms with Crippen molar-refractivity contribution in [3.05, 3.63) is 51.5 Å². The van der Waals surface area contributed by atoms with Crippen LogP contribution in [0, 0.1) is 0 Å². The molecule has 0 heterocycles. The maximum absolute atomic E-state index is 12.2. The Hall–Kier alpha value is -1.14. The van der Waals surface area contributed by atoms with E-state index >= 15 is 0 Å². The molecular weight excluding hydrogens is 345 g/mol. The SMILES string of the molecule is O=S(=O)(Nc1ccc(O)cc1Cl)c1ccc(Cl)c(Cl)c1. The number of sulfonamides is 1. The van der Waals surface area contributed by atoms with Crippen LogP contribution in [-0.2, 0) is 10.0 Å². The number of rotatable bonds is 3. The number of nitrogens with one attached hydrogen (secondary N) is 1. The van der Waals surface area contributed by atoms with Crippen LogP contribution in [0.5, 0.6) is 5.75 Å². The summed E-state index contributed by atoms with van der Waals surface area (Å²) in [4.78, 5) is -0.0453. The highest BCUT2D eigenvalue weighted by atomic mass is 35.5. The Morgan fingerprint density at radius 3 is 2.20 bits per heavy atom. The number of hydrogen-bond acceptors (Lipinski definition) is 3. The number of halogens is 3. The highest BCUT2D eigenvalue weighted by molar-refractivity contribution is 7.92. The second-order valence-electron chi connectivity index (χ2n) is 3.85. The molecule has 0 aliphatic heterocycles. The van der Waals surface area contributed by atoms with Gasteiger partial charge >= 0.3 is 0 Å². The highest BCUT2D eigenvalue weighted by Gasteiger charge is 2.17. The van der Waals surface area contributed by atoms with Gasteiger partial charge in [-0.3, -0.25) is 4.72 Å². The summed E-state index contributed by atoms with van der Waals surface area (Å²) in [5, 5.41) is 9.69. The normalized spacial score (nSPS) is 11.3. The van der Waals surface area contributed by atoms with Gasteiger partial charge in [0.05, 0.1) is 25.7 Å². The topological polar surface area (TPSA) is 66.4 Å². The van der Waals surface area contributed by atoms with Crippen LogP contribution in [0.25, 0.3) is 0 Å². The van der Waals surface area contributed by atoms with Gasteiger partial charge in [-0.25, -0.2) is 8.42 Å². The largest absolute Gasteiger partial charge is 0.508 e. The molecule has 2 N–H and O–H groups in total. The van der Waals surface area contributed by atoms with Crippen LogP contribution >= 0.6 is 34.8 Å². The lowest BCUT2D eigenvalue weighted by atomic mass is 10.3. The summed E-state index contributed by atoms with van der Waals surface area (Å²) in [6, 6.07) is 7.85. The average Bonchev–Trinajstić information content (AvgIpc) is 2.36. The van der Waals surface area contributed by atoms with E-state index in [1.54, 1.807) is 0 Å². The van der Waals surface area contributed by atoms with E-state index in [1.165, 1.54) is 36.4 Å². The molecule has 0 saturated carbocycles. The van der Waals surface area contributed by atoms with Crippen molar-refractivity contribution in [3.8, 4) is 5.75 Å². The Morgan fingerprint density at radius 2 is 1.60 bits per heavy atom. The van der Waals surface area contributed by atoms with Gasteiger partial charge in [0.2, 0.25) is 0 Å². The van der Waals surface area contributed by atoms with Gasteiger partial charge in [-0.2, -0.15) is 0 Å². The van der Waals surface area contributed by atoms with Crippen LogP contribution in [-0.4, -0.2) is 13.5 Å². The van der Waals surface area contributed by atoms with E-state index in [1.807, 2.05) is 0 Å². The van der Waals surface area contributed by atoms with E-state index in [0.717, 1.165) is 0 Å². The Bertz CT molecular complexity index is 763. The zero-order chi connectivity index (χ0) is 14.9. The van der Waals surface area contributed by atoms with Crippen LogP contribution in [0.1, 0.15) is 0 Å². The summed E-state index contributed by atoms with van der Waals surface area (Å²) >= 11 is 17.4. The quantitative estimate of drug-likeness (QED) is 0.815. The fraction of sp³-hybridized carbons (Fsp3) is 0. The lowest BCUT2D eigenvalue weighted by molar-refractivity contribution is 0.475. The van der Waals surface area contributed by atoms with Crippen molar-refractivity contribution in [2.24, 2.45) is 0 Å². The van der Waals surface area contributed by atoms with Gasteiger partial charge in [-0.05, 0) is 30.3 Å². The predicted molar refractivity (Wildman–Crippen MR) is 80.4 cm³/mol. The van der Waals surface area contributed by atoms with Gasteiger partial charge in [-0.15, -0.1) is 0 Å². The third-order valence-corrected chi connectivity index (χ3v) is 4.81. The Labute approximate surface area is 131 Å². The van der Waals surface area contributed by atoms with Crippen LogP contribution in [0.15, 0.2) is 41.3 Å². The second-order valence-corrected chi connectivity index (χ2v) is 6.75. The Balaban J connectivity index is 2.38. The first-order chi connectivity index (χ1) is 9.29. The zero-order valence-electron chi connectivity index (χ0n) is 9.77. The van der Waals surface area contributed by atoms with Crippen LogP contribution in [0.2, 0.25) is 15.1 Å². The lowest BCUT2D eigenvalue weighted by Crippen LogP contribution is -2.13. The third kappa shape index (κ3) is 3.30. The summed E-state index contributed by atoms with van der Waals surface area (Å²) in [6.07, 6.45) is 0. The monoisotopic (exact) mass is 351 g/mol.